The zero-order valence-electron chi connectivity index (χ0n) is 16.4. The second kappa shape index (κ2) is 8.02. The van der Waals surface area contributed by atoms with Crippen molar-refractivity contribution in [2.75, 3.05) is 10.6 Å². The minimum absolute atomic E-state index is 0.125. The van der Waals surface area contributed by atoms with E-state index < -0.39 is 0 Å². The molecule has 0 unspecified atom stereocenters. The first-order valence-corrected chi connectivity index (χ1v) is 9.96. The Labute approximate surface area is 175 Å². The van der Waals surface area contributed by atoms with Crippen LogP contribution < -0.4 is 10.6 Å². The molecule has 0 atom stereocenters. The largest absolute Gasteiger partial charge is 0.356 e. The van der Waals surface area contributed by atoms with E-state index >= 15 is 0 Å². The van der Waals surface area contributed by atoms with Crippen LogP contribution in [0.2, 0.25) is 5.02 Å². The molecular weight excluding hydrogens is 382 g/mol. The van der Waals surface area contributed by atoms with Crippen LogP contribution >= 0.6 is 11.6 Å². The van der Waals surface area contributed by atoms with E-state index in [9.17, 15) is 4.79 Å². The van der Waals surface area contributed by atoms with Crippen molar-refractivity contribution in [2.45, 2.75) is 20.4 Å². The van der Waals surface area contributed by atoms with Gasteiger partial charge in [0.15, 0.2) is 0 Å². The number of para-hydroxylation sites is 1. The zero-order valence-corrected chi connectivity index (χ0v) is 17.1. The Balaban J connectivity index is 1.57. The van der Waals surface area contributed by atoms with E-state index in [4.69, 9.17) is 11.6 Å². The molecule has 1 aromatic heterocycles. The van der Waals surface area contributed by atoms with Gasteiger partial charge in [0.1, 0.15) is 5.69 Å². The maximum Gasteiger partial charge on any atom is 0.272 e. The number of hydrogen-bond acceptors (Lipinski definition) is 2. The zero-order chi connectivity index (χ0) is 20.4. The fourth-order valence-electron chi connectivity index (χ4n) is 3.63. The van der Waals surface area contributed by atoms with Gasteiger partial charge in [-0.1, -0.05) is 29.8 Å². The number of aromatic nitrogens is 1. The Morgan fingerprint density at radius 3 is 2.28 bits per heavy atom. The van der Waals surface area contributed by atoms with E-state index in [0.29, 0.717) is 17.3 Å². The third-order valence-electron chi connectivity index (χ3n) is 5.02. The fourth-order valence-corrected chi connectivity index (χ4v) is 3.80. The van der Waals surface area contributed by atoms with Crippen molar-refractivity contribution in [2.24, 2.45) is 0 Å². The van der Waals surface area contributed by atoms with Crippen molar-refractivity contribution in [1.82, 2.24) is 4.57 Å². The van der Waals surface area contributed by atoms with Gasteiger partial charge in [-0.25, -0.2) is 0 Å². The molecule has 146 valence electrons. The van der Waals surface area contributed by atoms with Gasteiger partial charge in [-0.15, -0.1) is 0 Å². The molecule has 29 heavy (non-hydrogen) atoms. The van der Waals surface area contributed by atoms with E-state index in [0.717, 1.165) is 33.5 Å². The van der Waals surface area contributed by atoms with Crippen molar-refractivity contribution in [3.8, 4) is 0 Å². The highest BCUT2D eigenvalue weighted by atomic mass is 35.5. The van der Waals surface area contributed by atoms with Gasteiger partial charge in [-0.2, -0.15) is 0 Å². The predicted octanol–water partition coefficient (Wildman–Crippen LogP) is 6.62. The summed E-state index contributed by atoms with van der Waals surface area (Å²) in [5.74, 6) is -0.125. The molecular formula is C24H22ClN3O. The Morgan fingerprint density at radius 1 is 0.931 bits per heavy atom. The van der Waals surface area contributed by atoms with Crippen molar-refractivity contribution < 1.29 is 4.79 Å². The Hall–Kier alpha value is -3.24. The van der Waals surface area contributed by atoms with Crippen LogP contribution in [-0.4, -0.2) is 10.5 Å². The second-order valence-corrected chi connectivity index (χ2v) is 7.34. The van der Waals surface area contributed by atoms with Gasteiger partial charge in [0.05, 0.1) is 0 Å². The molecule has 0 radical (unpaired) electrons. The van der Waals surface area contributed by atoms with Gasteiger partial charge in [-0.05, 0) is 74.0 Å². The molecule has 4 nitrogen and oxygen atoms in total. The Kier molecular flexibility index (Phi) is 5.28. The minimum atomic E-state index is -0.125. The van der Waals surface area contributed by atoms with E-state index in [2.05, 4.69) is 10.6 Å². The minimum Gasteiger partial charge on any atom is -0.356 e. The van der Waals surface area contributed by atoms with Crippen LogP contribution in [-0.2, 0) is 6.54 Å². The summed E-state index contributed by atoms with van der Waals surface area (Å²) in [6, 6.07) is 23.4. The van der Waals surface area contributed by atoms with E-state index in [1.165, 1.54) is 0 Å². The average Bonchev–Trinajstić information content (AvgIpc) is 3.01. The first-order valence-electron chi connectivity index (χ1n) is 9.58. The summed E-state index contributed by atoms with van der Waals surface area (Å²) in [6.45, 7) is 4.70. The highest BCUT2D eigenvalue weighted by Gasteiger charge is 2.19. The molecule has 5 heteroatoms. The SMILES string of the molecule is CCn1c(C(=O)Nc2ccc(Nc3ccccc3)cc2)c(C)c2cc(Cl)ccc21. The lowest BCUT2D eigenvalue weighted by atomic mass is 10.1. The molecule has 1 heterocycles. The highest BCUT2D eigenvalue weighted by molar-refractivity contribution is 6.31. The maximum absolute atomic E-state index is 13.1. The molecule has 0 fully saturated rings. The number of nitrogens with one attached hydrogen (secondary N) is 2. The number of rotatable bonds is 5. The second-order valence-electron chi connectivity index (χ2n) is 6.90. The highest BCUT2D eigenvalue weighted by Crippen LogP contribution is 2.29. The van der Waals surface area contributed by atoms with E-state index in [-0.39, 0.29) is 5.91 Å². The quantitative estimate of drug-likeness (QED) is 0.393. The summed E-state index contributed by atoms with van der Waals surface area (Å²) < 4.78 is 2.03. The molecule has 0 saturated carbocycles. The normalized spacial score (nSPS) is 10.9. The molecule has 4 rings (SSSR count). The average molecular weight is 404 g/mol. The number of nitrogens with zero attached hydrogens (tertiary/aromatic N) is 1. The van der Waals surface area contributed by atoms with Gasteiger partial charge >= 0.3 is 0 Å². The van der Waals surface area contributed by atoms with E-state index in [1.54, 1.807) is 0 Å². The van der Waals surface area contributed by atoms with Crippen LogP contribution in [0.5, 0.6) is 0 Å². The van der Waals surface area contributed by atoms with Crippen LogP contribution in [0.25, 0.3) is 10.9 Å². The molecule has 0 saturated heterocycles. The molecule has 0 bridgehead atoms. The molecule has 0 aliphatic carbocycles. The number of fused-ring (bicyclic) bond motifs is 1. The molecule has 0 spiro atoms. The Morgan fingerprint density at radius 2 is 1.59 bits per heavy atom. The van der Waals surface area contributed by atoms with Gasteiger partial charge < -0.3 is 15.2 Å². The summed E-state index contributed by atoms with van der Waals surface area (Å²) in [4.78, 5) is 13.1. The maximum atomic E-state index is 13.1. The molecule has 3 aromatic carbocycles. The standard InChI is InChI=1S/C24H22ClN3O/c1-3-28-22-14-9-17(25)15-21(22)16(2)23(28)24(29)27-20-12-10-19(11-13-20)26-18-7-5-4-6-8-18/h4-15,26H,3H2,1-2H3,(H,27,29). The summed E-state index contributed by atoms with van der Waals surface area (Å²) in [5, 5.41) is 8.03. The van der Waals surface area contributed by atoms with Crippen molar-refractivity contribution in [3.05, 3.63) is 89.1 Å². The third-order valence-corrected chi connectivity index (χ3v) is 5.25. The van der Waals surface area contributed by atoms with Crippen molar-refractivity contribution in [1.29, 1.82) is 0 Å². The molecule has 0 aliphatic rings. The molecule has 2 N–H and O–H groups in total. The van der Waals surface area contributed by atoms with E-state index in [1.807, 2.05) is 91.2 Å². The van der Waals surface area contributed by atoms with Gasteiger partial charge in [0.25, 0.3) is 5.91 Å². The van der Waals surface area contributed by atoms with Crippen LogP contribution in [0.1, 0.15) is 23.0 Å². The predicted molar refractivity (Wildman–Crippen MR) is 121 cm³/mol. The van der Waals surface area contributed by atoms with Crippen LogP contribution in [0, 0.1) is 6.92 Å². The number of anilines is 3. The number of halogens is 1. The van der Waals surface area contributed by atoms with Crippen LogP contribution in [0.3, 0.4) is 0 Å². The number of carbonyl (C=O) groups is 1. The molecule has 4 aromatic rings. The lowest BCUT2D eigenvalue weighted by Crippen LogP contribution is -2.17. The van der Waals surface area contributed by atoms with Crippen LogP contribution in [0.15, 0.2) is 72.8 Å². The number of amides is 1. The summed E-state index contributed by atoms with van der Waals surface area (Å²) in [7, 11) is 0. The summed E-state index contributed by atoms with van der Waals surface area (Å²) in [6.07, 6.45) is 0. The Bertz CT molecular complexity index is 1160. The summed E-state index contributed by atoms with van der Waals surface area (Å²) in [5.41, 5.74) is 5.34. The topological polar surface area (TPSA) is 46.1 Å². The monoisotopic (exact) mass is 403 g/mol. The molecule has 0 aliphatic heterocycles. The van der Waals surface area contributed by atoms with Gasteiger partial charge in [0, 0.05) is 39.5 Å². The van der Waals surface area contributed by atoms with Gasteiger partial charge in [0.2, 0.25) is 0 Å². The van der Waals surface area contributed by atoms with Crippen molar-refractivity contribution in [3.63, 3.8) is 0 Å². The number of hydrogen-bond donors (Lipinski definition) is 2. The lowest BCUT2D eigenvalue weighted by Gasteiger charge is -2.11. The lowest BCUT2D eigenvalue weighted by molar-refractivity contribution is 0.101. The summed E-state index contributed by atoms with van der Waals surface area (Å²) >= 11 is 6.16. The fraction of sp³-hybridized carbons (Fsp3) is 0.125. The molecule has 1 amide bonds. The van der Waals surface area contributed by atoms with Crippen LogP contribution in [0.4, 0.5) is 17.1 Å². The number of aryl methyl sites for hydroxylation is 2. The smallest absolute Gasteiger partial charge is 0.272 e. The number of benzene rings is 3. The third kappa shape index (κ3) is 3.84. The van der Waals surface area contributed by atoms with Gasteiger partial charge in [-0.3, -0.25) is 4.79 Å². The first-order chi connectivity index (χ1) is 14.1. The first kappa shape index (κ1) is 19.1. The van der Waals surface area contributed by atoms with Crippen molar-refractivity contribution >= 4 is 45.5 Å². The number of carbonyl (C=O) groups excluding carboxylic acids is 1.